The molecule has 1 atom stereocenters. The lowest BCUT2D eigenvalue weighted by Gasteiger charge is -2.14. The third-order valence-corrected chi connectivity index (χ3v) is 4.59. The van der Waals surface area contributed by atoms with Crippen molar-refractivity contribution < 1.29 is 0 Å². The van der Waals surface area contributed by atoms with E-state index in [4.69, 9.17) is 0 Å². The molecule has 1 aromatic carbocycles. The summed E-state index contributed by atoms with van der Waals surface area (Å²) in [6, 6.07) is 6.68. The number of nitrogens with zero attached hydrogens (tertiary/aromatic N) is 1. The fourth-order valence-electron chi connectivity index (χ4n) is 1.59. The predicted molar refractivity (Wildman–Crippen MR) is 82.8 cm³/mol. The fraction of sp³-hybridized carbons (Fsp3) is 0.308. The summed E-state index contributed by atoms with van der Waals surface area (Å²) in [5, 5.41) is 6.71. The molecule has 0 saturated carbocycles. The zero-order valence-electron chi connectivity index (χ0n) is 10.1. The molecule has 2 nitrogen and oxygen atoms in total. The van der Waals surface area contributed by atoms with Crippen LogP contribution in [0.5, 0.6) is 0 Å². The van der Waals surface area contributed by atoms with Gasteiger partial charge >= 0.3 is 0 Å². The van der Waals surface area contributed by atoms with Crippen molar-refractivity contribution in [1.82, 2.24) is 4.98 Å². The van der Waals surface area contributed by atoms with Gasteiger partial charge in [-0.3, -0.25) is 0 Å². The average Bonchev–Trinajstić information content (AvgIpc) is 2.70. The smallest absolute Gasteiger partial charge is 0.0898 e. The van der Waals surface area contributed by atoms with Crippen LogP contribution in [0.2, 0.25) is 0 Å². The summed E-state index contributed by atoms with van der Waals surface area (Å²) in [7, 11) is 0. The Morgan fingerprint density at radius 2 is 2.12 bits per heavy atom. The van der Waals surface area contributed by atoms with E-state index in [1.54, 1.807) is 11.3 Å². The summed E-state index contributed by atoms with van der Waals surface area (Å²) in [4.78, 5) is 4.50. The molecule has 0 saturated heterocycles. The Labute approximate surface area is 120 Å². The second-order valence-electron chi connectivity index (χ2n) is 4.12. The molecule has 2 rings (SSSR count). The normalized spacial score (nSPS) is 12.5. The maximum Gasteiger partial charge on any atom is 0.0898 e. The largest absolute Gasteiger partial charge is 0.377 e. The van der Waals surface area contributed by atoms with Gasteiger partial charge in [-0.05, 0) is 61.1 Å². The molecule has 0 bridgehead atoms. The summed E-state index contributed by atoms with van der Waals surface area (Å²) < 4.78 is 1.29. The van der Waals surface area contributed by atoms with E-state index in [2.05, 4.69) is 70.3 Å². The van der Waals surface area contributed by atoms with Crippen LogP contribution in [-0.2, 0) is 0 Å². The minimum atomic E-state index is 0.249. The van der Waals surface area contributed by atoms with Crippen LogP contribution in [0.1, 0.15) is 29.2 Å². The van der Waals surface area contributed by atoms with E-state index in [1.807, 2.05) is 6.92 Å². The predicted octanol–water partition coefficient (Wildman–Crippen LogP) is 4.54. The SMILES string of the molecule is Cc1nc(C(C)Nc2ccc(C)c(I)c2)cs1. The average molecular weight is 358 g/mol. The number of benzene rings is 1. The number of rotatable bonds is 3. The van der Waals surface area contributed by atoms with Crippen molar-refractivity contribution in [3.05, 3.63) is 43.4 Å². The van der Waals surface area contributed by atoms with Gasteiger partial charge in [-0.2, -0.15) is 0 Å². The standard InChI is InChI=1S/C13H15IN2S/c1-8-4-5-11(6-12(8)14)15-9(2)13-7-17-10(3)16-13/h4-7,9,15H,1-3H3. The van der Waals surface area contributed by atoms with E-state index < -0.39 is 0 Å². The Bertz CT molecular complexity index is 522. The Kier molecular flexibility index (Phi) is 4.04. The maximum absolute atomic E-state index is 4.50. The number of aryl methyl sites for hydroxylation is 2. The number of hydrogen-bond donors (Lipinski definition) is 1. The Balaban J connectivity index is 2.12. The van der Waals surface area contributed by atoms with E-state index in [0.29, 0.717) is 0 Å². The number of hydrogen-bond acceptors (Lipinski definition) is 3. The summed E-state index contributed by atoms with van der Waals surface area (Å²) in [5.41, 5.74) is 3.58. The first-order chi connectivity index (χ1) is 8.06. The second-order valence-corrected chi connectivity index (χ2v) is 6.35. The molecule has 1 N–H and O–H groups in total. The van der Waals surface area contributed by atoms with Crippen LogP contribution >= 0.6 is 33.9 Å². The van der Waals surface area contributed by atoms with Gasteiger partial charge in [-0.15, -0.1) is 11.3 Å². The van der Waals surface area contributed by atoms with Crippen molar-refractivity contribution >= 4 is 39.6 Å². The van der Waals surface area contributed by atoms with E-state index in [0.717, 1.165) is 16.4 Å². The highest BCUT2D eigenvalue weighted by molar-refractivity contribution is 14.1. The summed E-state index contributed by atoms with van der Waals surface area (Å²) in [5.74, 6) is 0. The fourth-order valence-corrected chi connectivity index (χ4v) is 2.81. The van der Waals surface area contributed by atoms with Crippen LogP contribution in [0.15, 0.2) is 23.6 Å². The van der Waals surface area contributed by atoms with Crippen LogP contribution in [0.4, 0.5) is 5.69 Å². The zero-order chi connectivity index (χ0) is 12.4. The molecule has 0 aliphatic heterocycles. The molecule has 0 radical (unpaired) electrons. The number of halogens is 1. The maximum atomic E-state index is 4.50. The van der Waals surface area contributed by atoms with Gasteiger partial charge in [0.15, 0.2) is 0 Å². The molecular formula is C13H15IN2S. The van der Waals surface area contributed by atoms with Gasteiger partial charge in [0.05, 0.1) is 16.7 Å². The Morgan fingerprint density at radius 3 is 2.71 bits per heavy atom. The molecule has 1 unspecified atom stereocenters. The molecule has 0 spiro atoms. The lowest BCUT2D eigenvalue weighted by atomic mass is 10.2. The number of anilines is 1. The van der Waals surface area contributed by atoms with E-state index in [1.165, 1.54) is 9.13 Å². The van der Waals surface area contributed by atoms with Crippen LogP contribution in [0.3, 0.4) is 0 Å². The molecule has 1 aromatic heterocycles. The molecule has 0 aliphatic rings. The molecule has 0 amide bonds. The van der Waals surface area contributed by atoms with Crippen LogP contribution in [0.25, 0.3) is 0 Å². The van der Waals surface area contributed by atoms with Crippen molar-refractivity contribution in [3.63, 3.8) is 0 Å². The highest BCUT2D eigenvalue weighted by atomic mass is 127. The second kappa shape index (κ2) is 5.35. The highest BCUT2D eigenvalue weighted by Crippen LogP contribution is 2.23. The van der Waals surface area contributed by atoms with E-state index in [-0.39, 0.29) is 6.04 Å². The minimum Gasteiger partial charge on any atom is -0.377 e. The van der Waals surface area contributed by atoms with Crippen molar-refractivity contribution in [2.45, 2.75) is 26.8 Å². The van der Waals surface area contributed by atoms with Crippen LogP contribution in [0, 0.1) is 17.4 Å². The third-order valence-electron chi connectivity index (χ3n) is 2.64. The quantitative estimate of drug-likeness (QED) is 0.815. The van der Waals surface area contributed by atoms with Gasteiger partial charge in [-0.25, -0.2) is 4.98 Å². The zero-order valence-corrected chi connectivity index (χ0v) is 13.1. The molecular weight excluding hydrogens is 343 g/mol. The summed E-state index contributed by atoms with van der Waals surface area (Å²) in [6.45, 7) is 6.30. The van der Waals surface area contributed by atoms with Crippen LogP contribution < -0.4 is 5.32 Å². The van der Waals surface area contributed by atoms with Crippen LogP contribution in [-0.4, -0.2) is 4.98 Å². The number of aromatic nitrogens is 1. The lowest BCUT2D eigenvalue weighted by Crippen LogP contribution is -2.07. The summed E-state index contributed by atoms with van der Waals surface area (Å²) in [6.07, 6.45) is 0. The molecule has 0 aliphatic carbocycles. The molecule has 90 valence electrons. The lowest BCUT2D eigenvalue weighted by molar-refractivity contribution is 0.845. The molecule has 2 aromatic rings. The first-order valence-electron chi connectivity index (χ1n) is 5.51. The topological polar surface area (TPSA) is 24.9 Å². The van der Waals surface area contributed by atoms with Gasteiger partial charge in [0.1, 0.15) is 0 Å². The Hall–Kier alpha value is -0.620. The minimum absolute atomic E-state index is 0.249. The van der Waals surface area contributed by atoms with Gasteiger partial charge < -0.3 is 5.32 Å². The van der Waals surface area contributed by atoms with Gasteiger partial charge in [-0.1, -0.05) is 6.07 Å². The van der Waals surface area contributed by atoms with Crippen molar-refractivity contribution in [1.29, 1.82) is 0 Å². The van der Waals surface area contributed by atoms with E-state index >= 15 is 0 Å². The molecule has 0 fully saturated rings. The summed E-state index contributed by atoms with van der Waals surface area (Å²) >= 11 is 4.06. The van der Waals surface area contributed by atoms with Gasteiger partial charge in [0.25, 0.3) is 0 Å². The van der Waals surface area contributed by atoms with Crippen molar-refractivity contribution in [2.75, 3.05) is 5.32 Å². The van der Waals surface area contributed by atoms with Gasteiger partial charge in [0.2, 0.25) is 0 Å². The van der Waals surface area contributed by atoms with E-state index in [9.17, 15) is 0 Å². The number of nitrogens with one attached hydrogen (secondary N) is 1. The van der Waals surface area contributed by atoms with Crippen molar-refractivity contribution in [3.8, 4) is 0 Å². The van der Waals surface area contributed by atoms with Gasteiger partial charge in [0, 0.05) is 14.6 Å². The molecule has 4 heteroatoms. The molecule has 17 heavy (non-hydrogen) atoms. The third kappa shape index (κ3) is 3.19. The highest BCUT2D eigenvalue weighted by Gasteiger charge is 2.08. The first-order valence-corrected chi connectivity index (χ1v) is 7.47. The number of thiazole rings is 1. The first kappa shape index (κ1) is 12.8. The monoisotopic (exact) mass is 358 g/mol. The Morgan fingerprint density at radius 1 is 1.35 bits per heavy atom. The molecule has 1 heterocycles. The van der Waals surface area contributed by atoms with Crippen molar-refractivity contribution in [2.24, 2.45) is 0 Å².